The molecule has 138 valence electrons. The van der Waals surface area contributed by atoms with E-state index in [1.165, 1.54) is 6.33 Å². The molecule has 1 aliphatic heterocycles. The smallest absolute Gasteiger partial charge is 0.227 e. The van der Waals surface area contributed by atoms with Crippen molar-refractivity contribution < 1.29 is 9.53 Å². The second kappa shape index (κ2) is 9.29. The van der Waals surface area contributed by atoms with Gasteiger partial charge in [0.2, 0.25) is 5.91 Å². The third-order valence-corrected chi connectivity index (χ3v) is 4.81. The summed E-state index contributed by atoms with van der Waals surface area (Å²) in [5.41, 5.74) is 1.87. The molecule has 3 rings (SSSR count). The lowest BCUT2D eigenvalue weighted by Gasteiger charge is -2.31. The molecule has 1 saturated heterocycles. The van der Waals surface area contributed by atoms with Gasteiger partial charge in [0.15, 0.2) is 0 Å². The van der Waals surface area contributed by atoms with E-state index in [0.29, 0.717) is 13.0 Å². The summed E-state index contributed by atoms with van der Waals surface area (Å²) in [6.07, 6.45) is 8.47. The van der Waals surface area contributed by atoms with Crippen LogP contribution in [0.1, 0.15) is 30.4 Å². The Morgan fingerprint density at radius 1 is 1.23 bits per heavy atom. The van der Waals surface area contributed by atoms with Crippen molar-refractivity contribution in [1.82, 2.24) is 20.2 Å². The molecule has 1 aliphatic rings. The second-order valence-corrected chi connectivity index (χ2v) is 6.59. The lowest BCUT2D eigenvalue weighted by molar-refractivity contribution is -0.133. The van der Waals surface area contributed by atoms with Gasteiger partial charge in [-0.2, -0.15) is 0 Å². The fraction of sp³-hybridized carbons (Fsp3) is 0.450. The molecule has 26 heavy (non-hydrogen) atoms. The van der Waals surface area contributed by atoms with Gasteiger partial charge in [-0.05, 0) is 38.4 Å². The van der Waals surface area contributed by atoms with Gasteiger partial charge in [-0.3, -0.25) is 4.79 Å². The first-order valence-electron chi connectivity index (χ1n) is 9.14. The summed E-state index contributed by atoms with van der Waals surface area (Å²) < 4.78 is 5.41. The first kappa shape index (κ1) is 18.3. The van der Waals surface area contributed by atoms with E-state index in [2.05, 4.69) is 15.3 Å². The van der Waals surface area contributed by atoms with Crippen LogP contribution in [0.2, 0.25) is 0 Å². The fourth-order valence-electron chi connectivity index (χ4n) is 3.46. The Morgan fingerprint density at radius 3 is 2.85 bits per heavy atom. The predicted molar refractivity (Wildman–Crippen MR) is 99.8 cm³/mol. The lowest BCUT2D eigenvalue weighted by Crippen LogP contribution is -2.41. The van der Waals surface area contributed by atoms with E-state index in [4.69, 9.17) is 4.74 Å². The Kier molecular flexibility index (Phi) is 6.55. The van der Waals surface area contributed by atoms with Gasteiger partial charge in [0.1, 0.15) is 12.1 Å². The summed E-state index contributed by atoms with van der Waals surface area (Å²) in [7, 11) is 1.64. The van der Waals surface area contributed by atoms with Crippen LogP contribution in [0.15, 0.2) is 43.0 Å². The molecule has 0 saturated carbocycles. The van der Waals surface area contributed by atoms with E-state index in [9.17, 15) is 4.79 Å². The minimum atomic E-state index is 0.116. The van der Waals surface area contributed by atoms with E-state index in [1.807, 2.05) is 29.2 Å². The zero-order valence-corrected chi connectivity index (χ0v) is 15.2. The largest absolute Gasteiger partial charge is 0.496 e. The Labute approximate surface area is 154 Å². The minimum absolute atomic E-state index is 0.116. The van der Waals surface area contributed by atoms with Crippen molar-refractivity contribution in [1.29, 1.82) is 0 Å². The molecule has 1 N–H and O–H groups in total. The number of nitrogens with zero attached hydrogens (tertiary/aromatic N) is 3. The number of methoxy groups -OCH3 is 1. The number of hydrogen-bond donors (Lipinski definition) is 1. The Hall–Kier alpha value is -2.47. The maximum atomic E-state index is 13.2. The number of nitrogens with one attached hydrogen (secondary N) is 1. The number of amides is 1. The van der Waals surface area contributed by atoms with Crippen molar-refractivity contribution in [2.75, 3.05) is 20.2 Å². The number of ether oxygens (including phenoxy) is 1. The first-order valence-corrected chi connectivity index (χ1v) is 9.14. The molecule has 0 bridgehead atoms. The molecule has 6 nitrogen and oxygen atoms in total. The molecule has 1 unspecified atom stereocenters. The van der Waals surface area contributed by atoms with Gasteiger partial charge >= 0.3 is 0 Å². The number of hydrogen-bond acceptors (Lipinski definition) is 5. The maximum absolute atomic E-state index is 13.2. The van der Waals surface area contributed by atoms with E-state index in [1.54, 1.807) is 19.5 Å². The number of carbonyl (C=O) groups excluding carboxylic acids is 1. The molecule has 0 spiro atoms. The molecule has 1 aromatic carbocycles. The lowest BCUT2D eigenvalue weighted by atomic mass is 10.0. The summed E-state index contributed by atoms with van der Waals surface area (Å²) in [5, 5.41) is 3.42. The number of para-hydroxylation sites is 1. The van der Waals surface area contributed by atoms with Crippen molar-refractivity contribution in [3.8, 4) is 5.75 Å². The molecule has 1 atom stereocenters. The maximum Gasteiger partial charge on any atom is 0.227 e. The highest BCUT2D eigenvalue weighted by Crippen LogP contribution is 2.22. The Morgan fingerprint density at radius 2 is 2.04 bits per heavy atom. The van der Waals surface area contributed by atoms with Gasteiger partial charge in [-0.15, -0.1) is 0 Å². The molecule has 6 heteroatoms. The first-order chi connectivity index (χ1) is 12.8. The molecule has 1 amide bonds. The topological polar surface area (TPSA) is 67.3 Å². The Bertz CT molecular complexity index is 700. The van der Waals surface area contributed by atoms with Crippen LogP contribution in [0.25, 0.3) is 0 Å². The number of carbonyl (C=O) groups is 1. The van der Waals surface area contributed by atoms with Crippen LogP contribution in [0.3, 0.4) is 0 Å². The standard InChI is InChI=1S/C20H26N4O2/c1-26-19-7-3-2-5-17(19)11-20(25)24(14-16-12-22-15-23-13-16)18-6-4-9-21-10-8-18/h2-3,5,7,12-13,15,18,21H,4,6,8-11,14H2,1H3. The van der Waals surface area contributed by atoms with E-state index in [0.717, 1.165) is 49.2 Å². The fourth-order valence-corrected chi connectivity index (χ4v) is 3.46. The van der Waals surface area contributed by atoms with Crippen LogP contribution < -0.4 is 10.1 Å². The summed E-state index contributed by atoms with van der Waals surface area (Å²) in [6, 6.07) is 7.94. The van der Waals surface area contributed by atoms with Gasteiger partial charge < -0.3 is 15.0 Å². The third-order valence-electron chi connectivity index (χ3n) is 4.81. The second-order valence-electron chi connectivity index (χ2n) is 6.59. The SMILES string of the molecule is COc1ccccc1CC(=O)N(Cc1cncnc1)C1CCCNCC1. The molecular formula is C20H26N4O2. The highest BCUT2D eigenvalue weighted by molar-refractivity contribution is 5.80. The summed E-state index contributed by atoms with van der Waals surface area (Å²) in [4.78, 5) is 23.4. The van der Waals surface area contributed by atoms with Crippen molar-refractivity contribution in [2.24, 2.45) is 0 Å². The molecule has 2 aromatic rings. The van der Waals surface area contributed by atoms with Crippen molar-refractivity contribution in [3.05, 3.63) is 54.1 Å². The van der Waals surface area contributed by atoms with E-state index < -0.39 is 0 Å². The highest BCUT2D eigenvalue weighted by atomic mass is 16.5. The number of rotatable bonds is 6. The molecule has 0 radical (unpaired) electrons. The normalized spacial score (nSPS) is 17.3. The van der Waals surface area contributed by atoms with Crippen LogP contribution in [0.4, 0.5) is 0 Å². The van der Waals surface area contributed by atoms with Crippen LogP contribution in [0, 0.1) is 0 Å². The molecular weight excluding hydrogens is 328 g/mol. The van der Waals surface area contributed by atoms with Crippen LogP contribution >= 0.6 is 0 Å². The Balaban J connectivity index is 1.80. The summed E-state index contributed by atoms with van der Waals surface area (Å²) >= 11 is 0. The monoisotopic (exact) mass is 354 g/mol. The van der Waals surface area contributed by atoms with E-state index in [-0.39, 0.29) is 11.9 Å². The molecule has 1 aromatic heterocycles. The van der Waals surface area contributed by atoms with Crippen LogP contribution in [0.5, 0.6) is 5.75 Å². The minimum Gasteiger partial charge on any atom is -0.496 e. The average Bonchev–Trinajstić information content (AvgIpc) is 2.96. The zero-order chi connectivity index (χ0) is 18.2. The number of benzene rings is 1. The molecule has 2 heterocycles. The van der Waals surface area contributed by atoms with Crippen molar-refractivity contribution >= 4 is 5.91 Å². The van der Waals surface area contributed by atoms with Crippen molar-refractivity contribution in [2.45, 2.75) is 38.3 Å². The summed E-state index contributed by atoms with van der Waals surface area (Å²) in [6.45, 7) is 2.49. The van der Waals surface area contributed by atoms with Gasteiger partial charge in [0.05, 0.1) is 13.5 Å². The average molecular weight is 354 g/mol. The third kappa shape index (κ3) is 4.79. The highest BCUT2D eigenvalue weighted by Gasteiger charge is 2.25. The zero-order valence-electron chi connectivity index (χ0n) is 15.2. The predicted octanol–water partition coefficient (Wildman–Crippen LogP) is 2.20. The van der Waals surface area contributed by atoms with Gasteiger partial charge in [-0.25, -0.2) is 9.97 Å². The molecule has 0 aliphatic carbocycles. The quantitative estimate of drug-likeness (QED) is 0.861. The van der Waals surface area contributed by atoms with Gasteiger partial charge in [0.25, 0.3) is 0 Å². The van der Waals surface area contributed by atoms with Gasteiger partial charge in [-0.1, -0.05) is 18.2 Å². The number of aromatic nitrogens is 2. The molecule has 1 fully saturated rings. The van der Waals surface area contributed by atoms with Gasteiger partial charge in [0, 0.05) is 36.1 Å². The van der Waals surface area contributed by atoms with Crippen LogP contribution in [-0.2, 0) is 17.8 Å². The van der Waals surface area contributed by atoms with E-state index >= 15 is 0 Å². The van der Waals surface area contributed by atoms with Crippen LogP contribution in [-0.4, -0.2) is 47.0 Å². The summed E-state index contributed by atoms with van der Waals surface area (Å²) in [5.74, 6) is 0.872. The van der Waals surface area contributed by atoms with Crippen molar-refractivity contribution in [3.63, 3.8) is 0 Å².